The van der Waals surface area contributed by atoms with Gasteiger partial charge in [0, 0.05) is 24.7 Å². The summed E-state index contributed by atoms with van der Waals surface area (Å²) in [5.74, 6) is -0.203. The Kier molecular flexibility index (Phi) is 5.21. The highest BCUT2D eigenvalue weighted by Gasteiger charge is 2.16. The predicted octanol–water partition coefficient (Wildman–Crippen LogP) is 4.40. The van der Waals surface area contributed by atoms with Crippen molar-refractivity contribution in [2.75, 3.05) is 19.0 Å². The molecule has 2 aromatic carbocycles. The Hall–Kier alpha value is -1.58. The summed E-state index contributed by atoms with van der Waals surface area (Å²) in [5.41, 5.74) is 2.68. The maximum atomic E-state index is 14.3. The Morgan fingerprint density at radius 2 is 1.86 bits per heavy atom. The summed E-state index contributed by atoms with van der Waals surface area (Å²) in [6, 6.07) is 12.9. The Morgan fingerprint density at radius 3 is 2.48 bits per heavy atom. The molecule has 0 spiro atoms. The van der Waals surface area contributed by atoms with Crippen molar-refractivity contribution >= 4 is 17.3 Å². The molecule has 0 radical (unpaired) electrons. The average molecular weight is 307 g/mol. The number of nitrogens with zero attached hydrogens (tertiary/aromatic N) is 1. The van der Waals surface area contributed by atoms with Crippen molar-refractivity contribution in [2.45, 2.75) is 19.5 Å². The molecule has 0 aliphatic rings. The standard InChI is InChI=1S/C17H20ClFN2/c1-12(20-2)15-5-4-6-16(19)17(15)21(3)11-13-7-9-14(18)10-8-13/h4-10,12,20H,11H2,1-3H3. The van der Waals surface area contributed by atoms with Crippen LogP contribution in [-0.2, 0) is 6.54 Å². The van der Waals surface area contributed by atoms with Gasteiger partial charge in [0.05, 0.1) is 5.69 Å². The van der Waals surface area contributed by atoms with E-state index in [1.54, 1.807) is 6.07 Å². The van der Waals surface area contributed by atoms with Gasteiger partial charge in [0.25, 0.3) is 0 Å². The second-order valence-corrected chi connectivity index (χ2v) is 5.61. The second kappa shape index (κ2) is 6.92. The molecule has 2 nitrogen and oxygen atoms in total. The van der Waals surface area contributed by atoms with E-state index in [4.69, 9.17) is 11.6 Å². The molecule has 1 N–H and O–H groups in total. The van der Waals surface area contributed by atoms with Crippen molar-refractivity contribution < 1.29 is 4.39 Å². The average Bonchev–Trinajstić information content (AvgIpc) is 2.48. The van der Waals surface area contributed by atoms with Crippen molar-refractivity contribution in [3.05, 3.63) is 64.4 Å². The normalized spacial score (nSPS) is 12.2. The number of benzene rings is 2. The van der Waals surface area contributed by atoms with Gasteiger partial charge in [-0.25, -0.2) is 4.39 Å². The number of anilines is 1. The van der Waals surface area contributed by atoms with Crippen LogP contribution >= 0.6 is 11.6 Å². The Morgan fingerprint density at radius 1 is 1.19 bits per heavy atom. The maximum Gasteiger partial charge on any atom is 0.146 e. The number of nitrogens with one attached hydrogen (secondary N) is 1. The van der Waals surface area contributed by atoms with E-state index in [2.05, 4.69) is 5.32 Å². The lowest BCUT2D eigenvalue weighted by molar-refractivity contribution is 0.602. The highest BCUT2D eigenvalue weighted by Crippen LogP contribution is 2.29. The molecule has 0 saturated carbocycles. The Balaban J connectivity index is 2.29. The van der Waals surface area contributed by atoms with Crippen LogP contribution < -0.4 is 10.2 Å². The third kappa shape index (κ3) is 3.74. The van der Waals surface area contributed by atoms with Crippen molar-refractivity contribution in [3.63, 3.8) is 0 Å². The highest BCUT2D eigenvalue weighted by molar-refractivity contribution is 6.30. The lowest BCUT2D eigenvalue weighted by atomic mass is 10.0. The fraction of sp³-hybridized carbons (Fsp3) is 0.294. The molecule has 0 aliphatic heterocycles. The van der Waals surface area contributed by atoms with Crippen LogP contribution in [0.25, 0.3) is 0 Å². The quantitative estimate of drug-likeness (QED) is 0.881. The molecule has 112 valence electrons. The zero-order valence-electron chi connectivity index (χ0n) is 12.5. The first-order chi connectivity index (χ1) is 10.0. The van der Waals surface area contributed by atoms with Crippen molar-refractivity contribution in [1.82, 2.24) is 5.32 Å². The zero-order chi connectivity index (χ0) is 15.4. The van der Waals surface area contributed by atoms with Crippen molar-refractivity contribution in [3.8, 4) is 0 Å². The summed E-state index contributed by atoms with van der Waals surface area (Å²) in [6.45, 7) is 2.65. The van der Waals surface area contributed by atoms with Crippen LogP contribution in [0.2, 0.25) is 5.02 Å². The van der Waals surface area contributed by atoms with Crippen molar-refractivity contribution in [2.24, 2.45) is 0 Å². The summed E-state index contributed by atoms with van der Waals surface area (Å²) in [5, 5.41) is 3.87. The zero-order valence-corrected chi connectivity index (χ0v) is 13.3. The van der Waals surface area contributed by atoms with E-state index in [0.29, 0.717) is 17.3 Å². The highest BCUT2D eigenvalue weighted by atomic mass is 35.5. The number of para-hydroxylation sites is 1. The van der Waals surface area contributed by atoms with Gasteiger partial charge in [0.15, 0.2) is 0 Å². The van der Waals surface area contributed by atoms with E-state index in [9.17, 15) is 4.39 Å². The van der Waals surface area contributed by atoms with Gasteiger partial charge in [-0.3, -0.25) is 0 Å². The van der Waals surface area contributed by atoms with Gasteiger partial charge >= 0.3 is 0 Å². The molecular weight excluding hydrogens is 287 g/mol. The second-order valence-electron chi connectivity index (χ2n) is 5.17. The molecule has 2 rings (SSSR count). The molecule has 0 amide bonds. The maximum absolute atomic E-state index is 14.3. The predicted molar refractivity (Wildman–Crippen MR) is 87.4 cm³/mol. The van der Waals surface area contributed by atoms with Crippen LogP contribution in [0.1, 0.15) is 24.1 Å². The lowest BCUT2D eigenvalue weighted by Crippen LogP contribution is -2.22. The molecule has 1 atom stereocenters. The molecule has 21 heavy (non-hydrogen) atoms. The van der Waals surface area contributed by atoms with Crippen LogP contribution in [0.5, 0.6) is 0 Å². The third-order valence-electron chi connectivity index (χ3n) is 3.63. The van der Waals surface area contributed by atoms with E-state index >= 15 is 0 Å². The number of hydrogen-bond donors (Lipinski definition) is 1. The molecule has 0 saturated heterocycles. The van der Waals surface area contributed by atoms with Crippen LogP contribution in [0.3, 0.4) is 0 Å². The summed E-state index contributed by atoms with van der Waals surface area (Å²) < 4.78 is 14.3. The van der Waals surface area contributed by atoms with Gasteiger partial charge in [-0.1, -0.05) is 35.9 Å². The molecule has 0 heterocycles. The van der Waals surface area contributed by atoms with E-state index in [0.717, 1.165) is 11.1 Å². The minimum Gasteiger partial charge on any atom is -0.368 e. The summed E-state index contributed by atoms with van der Waals surface area (Å²) in [4.78, 5) is 1.93. The van der Waals surface area contributed by atoms with Gasteiger partial charge in [-0.15, -0.1) is 0 Å². The fourth-order valence-electron chi connectivity index (χ4n) is 2.38. The third-order valence-corrected chi connectivity index (χ3v) is 3.88. The Bertz CT molecular complexity index is 598. The van der Waals surface area contributed by atoms with Gasteiger partial charge in [-0.05, 0) is 43.3 Å². The van der Waals surface area contributed by atoms with E-state index in [1.165, 1.54) is 6.07 Å². The van der Waals surface area contributed by atoms with E-state index in [-0.39, 0.29) is 11.9 Å². The van der Waals surface area contributed by atoms with Crippen LogP contribution in [0.4, 0.5) is 10.1 Å². The molecule has 1 unspecified atom stereocenters. The minimum absolute atomic E-state index is 0.0865. The summed E-state index contributed by atoms with van der Waals surface area (Å²) in [7, 11) is 3.78. The largest absolute Gasteiger partial charge is 0.368 e. The first-order valence-electron chi connectivity index (χ1n) is 6.94. The Labute approximate surface area is 130 Å². The van der Waals surface area contributed by atoms with Gasteiger partial charge in [0.2, 0.25) is 0 Å². The molecule has 0 bridgehead atoms. The lowest BCUT2D eigenvalue weighted by Gasteiger charge is -2.25. The topological polar surface area (TPSA) is 15.3 Å². The van der Waals surface area contributed by atoms with Gasteiger partial charge in [-0.2, -0.15) is 0 Å². The van der Waals surface area contributed by atoms with Crippen LogP contribution in [-0.4, -0.2) is 14.1 Å². The smallest absolute Gasteiger partial charge is 0.146 e. The monoisotopic (exact) mass is 306 g/mol. The molecular formula is C17H20ClFN2. The first kappa shape index (κ1) is 15.8. The number of rotatable bonds is 5. The minimum atomic E-state index is -0.203. The van der Waals surface area contributed by atoms with Gasteiger partial charge < -0.3 is 10.2 Å². The van der Waals surface area contributed by atoms with Crippen LogP contribution in [0.15, 0.2) is 42.5 Å². The SMILES string of the molecule is CNC(C)c1cccc(F)c1N(C)Cc1ccc(Cl)cc1. The van der Waals surface area contributed by atoms with Crippen molar-refractivity contribution in [1.29, 1.82) is 0 Å². The molecule has 4 heteroatoms. The molecule has 2 aromatic rings. The van der Waals surface area contributed by atoms with Crippen LogP contribution in [0, 0.1) is 5.82 Å². The number of hydrogen-bond acceptors (Lipinski definition) is 2. The van der Waals surface area contributed by atoms with E-state index < -0.39 is 0 Å². The number of halogens is 2. The molecule has 0 fully saturated rings. The summed E-state index contributed by atoms with van der Waals surface area (Å²) in [6.07, 6.45) is 0. The van der Waals surface area contributed by atoms with E-state index in [1.807, 2.05) is 56.3 Å². The fourth-order valence-corrected chi connectivity index (χ4v) is 2.51. The van der Waals surface area contributed by atoms with Gasteiger partial charge in [0.1, 0.15) is 5.82 Å². The molecule has 0 aromatic heterocycles. The first-order valence-corrected chi connectivity index (χ1v) is 7.32. The summed E-state index contributed by atoms with van der Waals surface area (Å²) >= 11 is 5.89. The molecule has 0 aliphatic carbocycles.